The third-order valence-corrected chi connectivity index (χ3v) is 6.22. The van der Waals surface area contributed by atoms with Gasteiger partial charge in [-0.2, -0.15) is 0 Å². The molecule has 0 radical (unpaired) electrons. The lowest BCUT2D eigenvalue weighted by molar-refractivity contribution is -0.152. The van der Waals surface area contributed by atoms with Gasteiger partial charge in [0.05, 0.1) is 18.6 Å². The Kier molecular flexibility index (Phi) is 4.80. The Bertz CT molecular complexity index is 610. The Morgan fingerprint density at radius 3 is 3.04 bits per heavy atom. The van der Waals surface area contributed by atoms with Gasteiger partial charge in [0.15, 0.2) is 0 Å². The van der Waals surface area contributed by atoms with E-state index in [1.807, 2.05) is 12.4 Å². The summed E-state index contributed by atoms with van der Waals surface area (Å²) in [5.74, 6) is 1.80. The highest BCUT2D eigenvalue weighted by Gasteiger charge is 2.52. The van der Waals surface area contributed by atoms with Crippen LogP contribution in [-0.2, 0) is 22.6 Å². The summed E-state index contributed by atoms with van der Waals surface area (Å²) < 4.78 is 7.80. The van der Waals surface area contributed by atoms with Crippen molar-refractivity contribution < 1.29 is 9.53 Å². The first-order chi connectivity index (χ1) is 12.2. The van der Waals surface area contributed by atoms with Gasteiger partial charge in [0.2, 0.25) is 5.91 Å². The molecule has 7 nitrogen and oxygen atoms in total. The van der Waals surface area contributed by atoms with E-state index in [9.17, 15) is 4.79 Å². The molecule has 0 bridgehead atoms. The molecule has 1 amide bonds. The highest BCUT2D eigenvalue weighted by atomic mass is 16.5. The number of amides is 1. The Balaban J connectivity index is 1.36. The van der Waals surface area contributed by atoms with Crippen LogP contribution in [0.15, 0.2) is 12.4 Å². The number of aryl methyl sites for hydroxylation is 1. The Morgan fingerprint density at radius 1 is 1.40 bits per heavy atom. The van der Waals surface area contributed by atoms with Crippen LogP contribution in [0.1, 0.15) is 19.2 Å². The number of hydrogen-bond donors (Lipinski definition) is 1. The van der Waals surface area contributed by atoms with E-state index < -0.39 is 0 Å². The van der Waals surface area contributed by atoms with Crippen molar-refractivity contribution in [2.75, 3.05) is 52.5 Å². The molecule has 1 aromatic rings. The van der Waals surface area contributed by atoms with Gasteiger partial charge in [-0.25, -0.2) is 4.98 Å². The maximum Gasteiger partial charge on any atom is 0.230 e. The summed E-state index contributed by atoms with van der Waals surface area (Å²) in [5.41, 5.74) is -0.223. The van der Waals surface area contributed by atoms with Crippen LogP contribution in [0, 0.1) is 11.3 Å². The normalized spacial score (nSPS) is 30.4. The predicted octanol–water partition coefficient (Wildman–Crippen LogP) is 0.173. The monoisotopic (exact) mass is 347 g/mol. The maximum atomic E-state index is 13.3. The quantitative estimate of drug-likeness (QED) is 0.842. The summed E-state index contributed by atoms with van der Waals surface area (Å²) in [6.07, 6.45) is 4.76. The SMILES string of the molecule is CCn1ccnc1CN1CCN(C(=O)[C@@]23CCOC[C@@H]2CNC3)CC1. The lowest BCUT2D eigenvalue weighted by atomic mass is 9.73. The predicted molar refractivity (Wildman–Crippen MR) is 94.0 cm³/mol. The summed E-state index contributed by atoms with van der Waals surface area (Å²) >= 11 is 0. The van der Waals surface area contributed by atoms with Crippen LogP contribution in [0.5, 0.6) is 0 Å². The molecule has 3 fully saturated rings. The van der Waals surface area contributed by atoms with Crippen molar-refractivity contribution in [3.63, 3.8) is 0 Å². The number of carbonyl (C=O) groups excluding carboxylic acids is 1. The van der Waals surface area contributed by atoms with E-state index >= 15 is 0 Å². The van der Waals surface area contributed by atoms with Crippen LogP contribution in [0.2, 0.25) is 0 Å². The second kappa shape index (κ2) is 7.05. The topological polar surface area (TPSA) is 62.6 Å². The molecule has 25 heavy (non-hydrogen) atoms. The summed E-state index contributed by atoms with van der Waals surface area (Å²) in [5, 5.41) is 3.43. The van der Waals surface area contributed by atoms with E-state index in [-0.39, 0.29) is 5.41 Å². The Hall–Kier alpha value is -1.44. The molecule has 4 rings (SSSR count). The van der Waals surface area contributed by atoms with Crippen LogP contribution in [0.4, 0.5) is 0 Å². The number of imidazole rings is 1. The smallest absolute Gasteiger partial charge is 0.230 e. The number of nitrogens with one attached hydrogen (secondary N) is 1. The fourth-order valence-corrected chi connectivity index (χ4v) is 4.56. The van der Waals surface area contributed by atoms with Gasteiger partial charge < -0.3 is 19.5 Å². The van der Waals surface area contributed by atoms with Crippen molar-refractivity contribution in [2.24, 2.45) is 11.3 Å². The molecule has 7 heteroatoms. The molecule has 0 spiro atoms. The first-order valence-electron chi connectivity index (χ1n) is 9.53. The lowest BCUT2D eigenvalue weighted by Crippen LogP contribution is -2.56. The summed E-state index contributed by atoms with van der Waals surface area (Å²) in [6, 6.07) is 0. The largest absolute Gasteiger partial charge is 0.381 e. The highest BCUT2D eigenvalue weighted by Crippen LogP contribution is 2.40. The zero-order valence-corrected chi connectivity index (χ0v) is 15.1. The highest BCUT2D eigenvalue weighted by molar-refractivity contribution is 5.84. The number of hydrogen-bond acceptors (Lipinski definition) is 5. The molecule has 1 aromatic heterocycles. The van der Waals surface area contributed by atoms with Gasteiger partial charge in [0, 0.05) is 70.7 Å². The van der Waals surface area contributed by atoms with Crippen LogP contribution in [0.25, 0.3) is 0 Å². The van der Waals surface area contributed by atoms with Crippen molar-refractivity contribution in [3.05, 3.63) is 18.2 Å². The number of aromatic nitrogens is 2. The minimum atomic E-state index is -0.223. The van der Waals surface area contributed by atoms with E-state index in [0.717, 1.165) is 71.2 Å². The molecule has 3 aliphatic heterocycles. The van der Waals surface area contributed by atoms with Gasteiger partial charge in [-0.05, 0) is 13.3 Å². The first-order valence-corrected chi connectivity index (χ1v) is 9.53. The van der Waals surface area contributed by atoms with Crippen molar-refractivity contribution >= 4 is 5.91 Å². The van der Waals surface area contributed by atoms with Crippen LogP contribution >= 0.6 is 0 Å². The molecule has 3 aliphatic rings. The summed E-state index contributed by atoms with van der Waals surface area (Å²) in [4.78, 5) is 22.2. The van der Waals surface area contributed by atoms with Gasteiger partial charge in [-0.3, -0.25) is 9.69 Å². The third kappa shape index (κ3) is 3.09. The third-order valence-electron chi connectivity index (χ3n) is 6.22. The van der Waals surface area contributed by atoms with E-state index in [1.165, 1.54) is 0 Å². The standard InChI is InChI=1S/C18H29N5O2/c1-2-22-5-4-20-16(22)12-21-6-8-23(9-7-21)17(24)18-3-10-25-13-15(18)11-19-14-18/h4-5,15,19H,2-3,6-14H2,1H3/t15-,18+/m0/s1. The Morgan fingerprint density at radius 2 is 2.24 bits per heavy atom. The second-order valence-electron chi connectivity index (χ2n) is 7.51. The molecular weight excluding hydrogens is 318 g/mol. The van der Waals surface area contributed by atoms with Gasteiger partial charge in [0.1, 0.15) is 5.82 Å². The van der Waals surface area contributed by atoms with Crippen LogP contribution in [0.3, 0.4) is 0 Å². The molecule has 0 aliphatic carbocycles. The van der Waals surface area contributed by atoms with E-state index in [0.29, 0.717) is 18.4 Å². The first kappa shape index (κ1) is 17.0. The second-order valence-corrected chi connectivity index (χ2v) is 7.51. The van der Waals surface area contributed by atoms with Crippen LogP contribution < -0.4 is 5.32 Å². The minimum Gasteiger partial charge on any atom is -0.381 e. The van der Waals surface area contributed by atoms with Crippen molar-refractivity contribution in [2.45, 2.75) is 26.4 Å². The average molecular weight is 347 g/mol. The minimum absolute atomic E-state index is 0.223. The van der Waals surface area contributed by atoms with Gasteiger partial charge in [0.25, 0.3) is 0 Å². The van der Waals surface area contributed by atoms with Crippen molar-refractivity contribution in [3.8, 4) is 0 Å². The van der Waals surface area contributed by atoms with E-state index in [1.54, 1.807) is 0 Å². The van der Waals surface area contributed by atoms with Gasteiger partial charge in [-0.15, -0.1) is 0 Å². The Labute approximate surface area is 149 Å². The molecule has 0 saturated carbocycles. The zero-order chi connectivity index (χ0) is 17.3. The van der Waals surface area contributed by atoms with Crippen LogP contribution in [-0.4, -0.2) is 77.7 Å². The molecule has 1 N–H and O–H groups in total. The lowest BCUT2D eigenvalue weighted by Gasteiger charge is -2.43. The van der Waals surface area contributed by atoms with Gasteiger partial charge in [-0.1, -0.05) is 0 Å². The van der Waals surface area contributed by atoms with Crippen molar-refractivity contribution in [1.82, 2.24) is 24.7 Å². The molecule has 4 heterocycles. The molecule has 138 valence electrons. The molecular formula is C18H29N5O2. The molecule has 3 saturated heterocycles. The van der Waals surface area contributed by atoms with Crippen molar-refractivity contribution in [1.29, 1.82) is 0 Å². The molecule has 0 aromatic carbocycles. The number of nitrogens with zero attached hydrogens (tertiary/aromatic N) is 4. The maximum absolute atomic E-state index is 13.3. The molecule has 0 unspecified atom stereocenters. The number of piperazine rings is 1. The average Bonchev–Trinajstić information content (AvgIpc) is 3.28. The molecule has 2 atom stereocenters. The number of rotatable bonds is 4. The summed E-state index contributed by atoms with van der Waals surface area (Å²) in [6.45, 7) is 10.6. The van der Waals surface area contributed by atoms with Gasteiger partial charge >= 0.3 is 0 Å². The number of ether oxygens (including phenoxy) is 1. The summed E-state index contributed by atoms with van der Waals surface area (Å²) in [7, 11) is 0. The van der Waals surface area contributed by atoms with E-state index in [4.69, 9.17) is 4.74 Å². The number of fused-ring (bicyclic) bond motifs is 1. The fourth-order valence-electron chi connectivity index (χ4n) is 4.56. The zero-order valence-electron chi connectivity index (χ0n) is 15.1. The van der Waals surface area contributed by atoms with E-state index in [2.05, 4.69) is 31.6 Å². The number of carbonyl (C=O) groups is 1. The fraction of sp³-hybridized carbons (Fsp3) is 0.778.